The van der Waals surface area contributed by atoms with Crippen LogP contribution in [-0.2, 0) is 14.8 Å². The smallest absolute Gasteiger partial charge is 0.242 e. The Balaban J connectivity index is 2.91. The van der Waals surface area contributed by atoms with Gasteiger partial charge in [-0.05, 0) is 50.0 Å². The van der Waals surface area contributed by atoms with Crippen molar-refractivity contribution < 1.29 is 13.2 Å². The van der Waals surface area contributed by atoms with Crippen LogP contribution in [0.2, 0.25) is 10.0 Å². The second-order valence-corrected chi connectivity index (χ2v) is 8.69. The van der Waals surface area contributed by atoms with E-state index in [1.165, 1.54) is 30.0 Å². The van der Waals surface area contributed by atoms with Gasteiger partial charge in [0.25, 0.3) is 0 Å². The van der Waals surface area contributed by atoms with E-state index in [9.17, 15) is 13.2 Å². The van der Waals surface area contributed by atoms with Gasteiger partial charge in [-0.1, -0.05) is 35.4 Å². The summed E-state index contributed by atoms with van der Waals surface area (Å²) in [6, 6.07) is 3.30. The lowest BCUT2D eigenvalue weighted by Gasteiger charge is -2.18. The van der Waals surface area contributed by atoms with Crippen molar-refractivity contribution >= 4 is 50.9 Å². The van der Waals surface area contributed by atoms with E-state index in [1.807, 2.05) is 25.3 Å². The number of halogens is 2. The molecule has 0 spiro atoms. The largest absolute Gasteiger partial charge is 0.354 e. The Hall–Kier alpha value is -0.730. The molecular formula is C16H22Cl2N2O3S2. The van der Waals surface area contributed by atoms with Crippen LogP contribution in [0.15, 0.2) is 35.2 Å². The number of amides is 1. The molecule has 25 heavy (non-hydrogen) atoms. The summed E-state index contributed by atoms with van der Waals surface area (Å²) in [4.78, 5) is 12.2. The highest BCUT2D eigenvalue weighted by Gasteiger charge is 2.27. The maximum atomic E-state index is 12.6. The molecule has 0 aliphatic heterocycles. The molecule has 1 amide bonds. The van der Waals surface area contributed by atoms with Crippen molar-refractivity contribution in [3.63, 3.8) is 0 Å². The maximum Gasteiger partial charge on any atom is 0.242 e. The molecular weight excluding hydrogens is 403 g/mol. The van der Waals surface area contributed by atoms with Gasteiger partial charge in [-0.15, -0.1) is 0 Å². The average Bonchev–Trinajstić information content (AvgIpc) is 2.57. The Bertz CT molecular complexity index is 709. The van der Waals surface area contributed by atoms with Gasteiger partial charge < -0.3 is 5.32 Å². The Kier molecular flexibility index (Phi) is 9.89. The second-order valence-electron chi connectivity index (χ2n) is 5.18. The van der Waals surface area contributed by atoms with Gasteiger partial charge in [0.05, 0.1) is 5.02 Å². The standard InChI is InChI=1S/C16H22Cl2N2O3S2/c1-3-4-5-9-19-16(21)14(8-10-24-2)20-25(22,23)15-11-12(17)6-7-13(15)18/h3-4,6-7,11,14,20H,5,8-10H2,1-2H3,(H,19,21)/b4-3+. The molecule has 140 valence electrons. The highest BCUT2D eigenvalue weighted by atomic mass is 35.5. The van der Waals surface area contributed by atoms with Gasteiger partial charge in [0.1, 0.15) is 10.9 Å². The molecule has 0 heterocycles. The number of hydrogen-bond acceptors (Lipinski definition) is 4. The van der Waals surface area contributed by atoms with Crippen molar-refractivity contribution in [3.8, 4) is 0 Å². The van der Waals surface area contributed by atoms with E-state index >= 15 is 0 Å². The summed E-state index contributed by atoms with van der Waals surface area (Å²) in [7, 11) is -3.97. The van der Waals surface area contributed by atoms with E-state index in [2.05, 4.69) is 10.0 Å². The van der Waals surface area contributed by atoms with Crippen molar-refractivity contribution in [3.05, 3.63) is 40.4 Å². The lowest BCUT2D eigenvalue weighted by molar-refractivity contribution is -0.122. The van der Waals surface area contributed by atoms with Gasteiger partial charge in [0.2, 0.25) is 15.9 Å². The second kappa shape index (κ2) is 11.1. The maximum absolute atomic E-state index is 12.6. The number of allylic oxidation sites excluding steroid dienone is 1. The molecule has 1 unspecified atom stereocenters. The van der Waals surface area contributed by atoms with Crippen molar-refractivity contribution in [1.29, 1.82) is 0 Å². The van der Waals surface area contributed by atoms with E-state index in [4.69, 9.17) is 23.2 Å². The van der Waals surface area contributed by atoms with E-state index in [0.29, 0.717) is 25.1 Å². The first kappa shape index (κ1) is 22.3. The van der Waals surface area contributed by atoms with Crippen molar-refractivity contribution in [1.82, 2.24) is 10.0 Å². The summed E-state index contributed by atoms with van der Waals surface area (Å²) in [5, 5.41) is 3.04. The zero-order chi connectivity index (χ0) is 18.9. The van der Waals surface area contributed by atoms with Crippen LogP contribution in [0.5, 0.6) is 0 Å². The third kappa shape index (κ3) is 7.58. The van der Waals surface area contributed by atoms with Crippen molar-refractivity contribution in [2.45, 2.75) is 30.7 Å². The molecule has 5 nitrogen and oxygen atoms in total. The first-order chi connectivity index (χ1) is 11.8. The number of benzene rings is 1. The van der Waals surface area contributed by atoms with Crippen molar-refractivity contribution in [2.24, 2.45) is 0 Å². The van der Waals surface area contributed by atoms with Crippen LogP contribution >= 0.6 is 35.0 Å². The number of sulfonamides is 1. The highest BCUT2D eigenvalue weighted by Crippen LogP contribution is 2.25. The number of hydrogen-bond donors (Lipinski definition) is 2. The predicted molar refractivity (Wildman–Crippen MR) is 106 cm³/mol. The first-order valence-corrected chi connectivity index (χ1v) is 11.3. The van der Waals surface area contributed by atoms with Crippen LogP contribution in [-0.4, -0.2) is 38.9 Å². The fraction of sp³-hybridized carbons (Fsp3) is 0.438. The van der Waals surface area contributed by atoms with E-state index in [-0.39, 0.29) is 20.8 Å². The lowest BCUT2D eigenvalue weighted by Crippen LogP contribution is -2.47. The van der Waals surface area contributed by atoms with Gasteiger partial charge in [-0.2, -0.15) is 16.5 Å². The number of nitrogens with one attached hydrogen (secondary N) is 2. The fourth-order valence-corrected chi connectivity index (χ4v) is 4.45. The molecule has 2 N–H and O–H groups in total. The molecule has 1 rings (SSSR count). The molecule has 0 saturated heterocycles. The minimum absolute atomic E-state index is 0.0500. The monoisotopic (exact) mass is 424 g/mol. The quantitative estimate of drug-likeness (QED) is 0.445. The summed E-state index contributed by atoms with van der Waals surface area (Å²) < 4.78 is 27.7. The predicted octanol–water partition coefficient (Wildman–Crippen LogP) is 3.48. The first-order valence-electron chi connectivity index (χ1n) is 7.67. The third-order valence-electron chi connectivity index (χ3n) is 3.25. The molecule has 0 fully saturated rings. The van der Waals surface area contributed by atoms with Crippen LogP contribution < -0.4 is 10.0 Å². The van der Waals surface area contributed by atoms with Crippen LogP contribution in [0.25, 0.3) is 0 Å². The Morgan fingerprint density at radius 1 is 1.36 bits per heavy atom. The van der Waals surface area contributed by atoms with Gasteiger partial charge >= 0.3 is 0 Å². The van der Waals surface area contributed by atoms with E-state index in [0.717, 1.165) is 0 Å². The molecule has 9 heteroatoms. The lowest BCUT2D eigenvalue weighted by atomic mass is 10.2. The third-order valence-corrected chi connectivity index (χ3v) is 6.09. The average molecular weight is 425 g/mol. The summed E-state index contributed by atoms with van der Waals surface area (Å²) in [6.07, 6.45) is 6.76. The fourth-order valence-electron chi connectivity index (χ4n) is 1.98. The van der Waals surface area contributed by atoms with E-state index < -0.39 is 16.1 Å². The van der Waals surface area contributed by atoms with Crippen molar-refractivity contribution in [2.75, 3.05) is 18.6 Å². The number of thioether (sulfide) groups is 1. The zero-order valence-corrected chi connectivity index (χ0v) is 17.2. The molecule has 1 atom stereocenters. The Labute approximate surface area is 163 Å². The molecule has 0 aliphatic rings. The van der Waals surface area contributed by atoms with Crippen LogP contribution in [0, 0.1) is 0 Å². The molecule has 0 radical (unpaired) electrons. The number of rotatable bonds is 10. The Morgan fingerprint density at radius 3 is 2.72 bits per heavy atom. The molecule has 0 aliphatic carbocycles. The molecule has 0 bridgehead atoms. The van der Waals surface area contributed by atoms with Crippen LogP contribution in [0.4, 0.5) is 0 Å². The number of carbonyl (C=O) groups is 1. The topological polar surface area (TPSA) is 75.3 Å². The molecule has 1 aromatic carbocycles. The van der Waals surface area contributed by atoms with Gasteiger partial charge in [0.15, 0.2) is 0 Å². The normalized spacial score (nSPS) is 13.1. The molecule has 0 saturated carbocycles. The minimum atomic E-state index is -3.97. The molecule has 1 aromatic rings. The molecule has 0 aromatic heterocycles. The SMILES string of the molecule is C/C=C/CCNC(=O)C(CCSC)NS(=O)(=O)c1cc(Cl)ccc1Cl. The zero-order valence-electron chi connectivity index (χ0n) is 14.1. The minimum Gasteiger partial charge on any atom is -0.354 e. The Morgan fingerprint density at radius 2 is 2.08 bits per heavy atom. The summed E-state index contributed by atoms with van der Waals surface area (Å²) in [5.74, 6) is 0.277. The van der Waals surface area contributed by atoms with Crippen LogP contribution in [0.1, 0.15) is 19.8 Å². The van der Waals surface area contributed by atoms with Gasteiger partial charge in [-0.25, -0.2) is 8.42 Å². The highest BCUT2D eigenvalue weighted by molar-refractivity contribution is 7.98. The summed E-state index contributed by atoms with van der Waals surface area (Å²) in [6.45, 7) is 2.34. The summed E-state index contributed by atoms with van der Waals surface area (Å²) in [5.41, 5.74) is 0. The van der Waals surface area contributed by atoms with Gasteiger partial charge in [0, 0.05) is 11.6 Å². The van der Waals surface area contributed by atoms with E-state index in [1.54, 1.807) is 0 Å². The van der Waals surface area contributed by atoms with Crippen LogP contribution in [0.3, 0.4) is 0 Å². The number of carbonyl (C=O) groups excluding carboxylic acids is 1. The van der Waals surface area contributed by atoms with Gasteiger partial charge in [-0.3, -0.25) is 4.79 Å². The summed E-state index contributed by atoms with van der Waals surface area (Å²) >= 11 is 13.4.